The van der Waals surface area contributed by atoms with Crippen LogP contribution in [0.1, 0.15) is 31.9 Å². The number of thiocarbonyl (C=S) groups is 1. The molecule has 4 aromatic heterocycles. The Morgan fingerprint density at radius 1 is 0.763 bits per heavy atom. The van der Waals surface area contributed by atoms with E-state index in [1.165, 1.54) is 72.3 Å². The number of aliphatic hydroxyl groups is 4. The second kappa shape index (κ2) is 25.7. The molecule has 2 aliphatic heterocycles. The van der Waals surface area contributed by atoms with E-state index < -0.39 is 121 Å². The Bertz CT molecular complexity index is 3220. The first-order chi connectivity index (χ1) is 36.7. The van der Waals surface area contributed by atoms with Crippen molar-refractivity contribution in [1.29, 1.82) is 2.56 Å². The van der Waals surface area contributed by atoms with E-state index in [-0.39, 0.29) is 64.0 Å². The molecule has 6 heterocycles. The standard InChI is InChI=1S/C21H26N6O8P2S.C21H24N6O8P2.H2S/c1-10(21(30)34-36)26-37(31,35-11-5-3-2-4-6-11)32-8-13-15(28)16(29)20(33-13)27-7-12(18(23)38)14-17(22)24-9-25-19(14)27;1-11(21(30)34-36)26-37(31,35-12-6-4-3-5-7-12)32-9-14-16(28)17(29)20(33-14)27-8-13(23-2)15-18(22)24-10-25-19(15)27;/h2-7,9-10,13,15-16,20,28-29H,8,36H2,1H3,(H2,23,38)(H,26,31)(H2,22,24,25);3-8,10-11,14,16-17,20,28-29H,9,36H2,1H3,(H,26,31)(H2,22,24,25);1H2/t10-,13?,15-,16-,20-,37?;11-,14?,16-,17-,20-,37?;/m11./s1/i2*36D;/t10-,13?,15-,16-,20-,36?,37?;11-,14?,16-,17-,20-,36?,37?;. The van der Waals surface area contributed by atoms with Crippen molar-refractivity contribution in [2.45, 2.75) is 75.0 Å². The van der Waals surface area contributed by atoms with Crippen molar-refractivity contribution in [3.63, 3.8) is 0 Å². The van der Waals surface area contributed by atoms with E-state index in [9.17, 15) is 39.1 Å². The molecule has 8 rings (SSSR count). The summed E-state index contributed by atoms with van der Waals surface area (Å²) in [5, 5.41) is 48.5. The van der Waals surface area contributed by atoms with Crippen molar-refractivity contribution < 1.29 is 75.8 Å². The zero-order valence-corrected chi connectivity index (χ0v) is 45.2. The van der Waals surface area contributed by atoms with Crippen LogP contribution in [-0.2, 0) is 46.3 Å². The van der Waals surface area contributed by atoms with E-state index in [2.05, 4.69) is 44.0 Å². The van der Waals surface area contributed by atoms with E-state index in [4.69, 9.17) is 66.1 Å². The Hall–Kier alpha value is -5.53. The number of nitrogens with two attached hydrogens (primary N) is 3. The van der Waals surface area contributed by atoms with Crippen LogP contribution in [0.5, 0.6) is 11.5 Å². The maximum atomic E-state index is 13.6. The lowest BCUT2D eigenvalue weighted by molar-refractivity contribution is -0.135. The normalized spacial score (nSPS) is 24.0. The molecule has 28 nitrogen and oxygen atoms in total. The number of fused-ring (bicyclic) bond motifs is 2. The quantitative estimate of drug-likeness (QED) is 0.0284. The Morgan fingerprint density at radius 2 is 1.18 bits per heavy atom. The minimum Gasteiger partial charge on any atom is -0.450 e. The zero-order valence-electron chi connectivity index (χ0n) is 41.6. The summed E-state index contributed by atoms with van der Waals surface area (Å²) in [4.78, 5) is 43.6. The number of nitrogens with one attached hydrogen (secondary N) is 2. The fourth-order valence-electron chi connectivity index (χ4n) is 7.57. The Kier molecular flexibility index (Phi) is 19.2. The van der Waals surface area contributed by atoms with E-state index in [1.807, 2.05) is 0 Å². The molecule has 6 unspecified atom stereocenters. The second-order valence-electron chi connectivity index (χ2n) is 16.3. The van der Waals surface area contributed by atoms with Crippen LogP contribution in [0.4, 0.5) is 17.3 Å². The predicted molar refractivity (Wildman–Crippen MR) is 286 cm³/mol. The smallest absolute Gasteiger partial charge is 0.450 e. The third-order valence-corrected chi connectivity index (χ3v) is 15.1. The molecular formula is C42H52N12O16P4S2. The van der Waals surface area contributed by atoms with Crippen LogP contribution in [0.2, 0.25) is 0 Å². The Balaban J connectivity index is 0.000000249. The number of ether oxygens (including phenoxy) is 2. The van der Waals surface area contributed by atoms with Gasteiger partial charge in [-0.15, -0.1) is 0 Å². The van der Waals surface area contributed by atoms with Gasteiger partial charge in [-0.1, -0.05) is 48.6 Å². The highest BCUT2D eigenvalue weighted by molar-refractivity contribution is 7.80. The monoisotopic (exact) mass is 1170 g/mol. The van der Waals surface area contributed by atoms with Gasteiger partial charge in [0.05, 0.1) is 51.9 Å². The minimum atomic E-state index is -4.28. The maximum absolute atomic E-state index is 13.6. The van der Waals surface area contributed by atoms with Crippen LogP contribution < -0.4 is 36.4 Å². The van der Waals surface area contributed by atoms with Gasteiger partial charge in [-0.2, -0.15) is 23.7 Å². The van der Waals surface area contributed by atoms with Crippen molar-refractivity contribution in [3.05, 3.63) is 103 Å². The number of anilines is 2. The van der Waals surface area contributed by atoms with Crippen molar-refractivity contribution >= 4 is 116 Å². The first kappa shape index (κ1) is 56.7. The van der Waals surface area contributed by atoms with Gasteiger partial charge >= 0.3 is 27.4 Å². The summed E-state index contributed by atoms with van der Waals surface area (Å²) in [6, 6.07) is 13.7. The lowest BCUT2D eigenvalue weighted by Crippen LogP contribution is -2.36. The number of aromatic nitrogens is 6. The van der Waals surface area contributed by atoms with Crippen LogP contribution >= 0.6 is 60.0 Å². The first-order valence-corrected chi connectivity index (χ1v) is 26.2. The predicted octanol–water partition coefficient (Wildman–Crippen LogP) is 2.59. The molecular weight excluding hydrogens is 1120 g/mol. The number of nitrogen functional groups attached to an aromatic ring is 2. The number of rotatable bonds is 21. The molecule has 0 radical (unpaired) electrons. The third-order valence-electron chi connectivity index (χ3n) is 11.2. The largest absolute Gasteiger partial charge is 0.459 e. The van der Waals surface area contributed by atoms with E-state index in [0.29, 0.717) is 10.9 Å². The average molecular weight is 1170 g/mol. The molecule has 2 saturated heterocycles. The topological polar surface area (TPSA) is 391 Å². The average Bonchev–Trinajstić information content (AvgIpc) is 4.19. The number of carbonyl (C=O) groups is 2. The van der Waals surface area contributed by atoms with Crippen LogP contribution in [0, 0.1) is 6.57 Å². The van der Waals surface area contributed by atoms with Crippen molar-refractivity contribution in [3.8, 4) is 11.5 Å². The highest BCUT2D eigenvalue weighted by Crippen LogP contribution is 2.48. The molecule has 0 saturated carbocycles. The molecule has 2 aromatic carbocycles. The fraction of sp³-hybridized carbons (Fsp3) is 0.333. The SMILES string of the molecule is S.[2H]POC(=O)[C@@H](C)NP(=O)(OCC1O[C@@H](n2cc(C(N)=S)c3c(N)ncnc32)[C@H](O)[C@@H]1O)Oc1ccccc1.[2H]POC(=O)[C@@H](C)NP(=O)(OCC1O[C@@H](n2cc([N+]#[C-])c3c(N)ncnc32)[C@H](O)[C@@H]1O)Oc1ccccc1. The lowest BCUT2D eigenvalue weighted by atomic mass is 10.1. The molecule has 0 bridgehead atoms. The molecule has 12 N–H and O–H groups in total. The Morgan fingerprint density at radius 3 is 1.61 bits per heavy atom. The van der Waals surface area contributed by atoms with E-state index in [0.717, 1.165) is 0 Å². The van der Waals surface area contributed by atoms with E-state index >= 15 is 0 Å². The third kappa shape index (κ3) is 13.4. The molecule has 0 spiro atoms. The van der Waals surface area contributed by atoms with Gasteiger partial charge < -0.3 is 74.3 Å². The number of para-hydroxylation sites is 2. The van der Waals surface area contributed by atoms with Gasteiger partial charge in [-0.3, -0.25) is 18.6 Å². The number of aliphatic hydroxyl groups excluding tert-OH is 4. The molecule has 0 amide bonds. The molecule has 76 heavy (non-hydrogen) atoms. The Labute approximate surface area is 451 Å². The van der Waals surface area contributed by atoms with Crippen LogP contribution in [0.3, 0.4) is 0 Å². The van der Waals surface area contributed by atoms with Gasteiger partial charge in [0.1, 0.15) is 101 Å². The summed E-state index contributed by atoms with van der Waals surface area (Å²) in [7, 11) is -10.3. The molecule has 6 aromatic rings. The summed E-state index contributed by atoms with van der Waals surface area (Å²) in [5.41, 5.74) is 18.7. The molecule has 2 aliphatic rings. The van der Waals surface area contributed by atoms with E-state index in [1.54, 1.807) is 36.4 Å². The highest BCUT2D eigenvalue weighted by atomic mass is 32.1. The van der Waals surface area contributed by atoms with Gasteiger partial charge in [0.15, 0.2) is 12.5 Å². The van der Waals surface area contributed by atoms with Gasteiger partial charge in [0, 0.05) is 18.0 Å². The van der Waals surface area contributed by atoms with Gasteiger partial charge in [0.25, 0.3) is 0 Å². The van der Waals surface area contributed by atoms with Gasteiger partial charge in [0.2, 0.25) is 5.69 Å². The molecule has 34 heteroatoms. The summed E-state index contributed by atoms with van der Waals surface area (Å²) in [6.07, 6.45) is -5.45. The van der Waals surface area contributed by atoms with Crippen molar-refractivity contribution in [2.75, 3.05) is 24.7 Å². The molecule has 0 aliphatic carbocycles. The van der Waals surface area contributed by atoms with Crippen LogP contribution in [0.15, 0.2) is 85.7 Å². The number of hydrogen-bond donors (Lipinski definition) is 9. The zero-order chi connectivity index (χ0) is 55.8. The van der Waals surface area contributed by atoms with Gasteiger partial charge in [-0.05, 0) is 38.1 Å². The minimum absolute atomic E-state index is 0. The summed E-state index contributed by atoms with van der Waals surface area (Å²) >= 11 is 5.10. The van der Waals surface area contributed by atoms with Crippen LogP contribution in [0.25, 0.3) is 26.9 Å². The van der Waals surface area contributed by atoms with Crippen molar-refractivity contribution in [1.82, 2.24) is 39.2 Å². The lowest BCUT2D eigenvalue weighted by Gasteiger charge is -2.24. The highest BCUT2D eigenvalue weighted by Gasteiger charge is 2.48. The first-order valence-electron chi connectivity index (χ1n) is 22.9. The van der Waals surface area contributed by atoms with Crippen LogP contribution in [-0.4, -0.2) is 131 Å². The fourth-order valence-corrected chi connectivity index (χ4v) is 11.1. The summed E-state index contributed by atoms with van der Waals surface area (Å²) < 4.78 is 87.2. The second-order valence-corrected chi connectivity index (χ2v) is 20.5. The molecule has 2 fully saturated rings. The number of carbonyl (C=O) groups excluding carboxylic acids is 2. The number of benzene rings is 2. The number of nitrogens with zero attached hydrogens (tertiary/aromatic N) is 7. The summed E-state index contributed by atoms with van der Waals surface area (Å²) in [5.74, 6) is -1.17. The maximum Gasteiger partial charge on any atom is 0.459 e. The molecule has 14 atom stereocenters. The van der Waals surface area contributed by atoms with Crippen molar-refractivity contribution in [2.24, 2.45) is 5.73 Å². The summed E-state index contributed by atoms with van der Waals surface area (Å²) in [6.45, 7) is 9.07. The molecule has 408 valence electrons. The number of hydrogen-bond acceptors (Lipinski definition) is 23. The van der Waals surface area contributed by atoms with Gasteiger partial charge in [-0.25, -0.2) is 33.9 Å².